The maximum atomic E-state index is 6.33. The van der Waals surface area contributed by atoms with Gasteiger partial charge in [0.15, 0.2) is 0 Å². The van der Waals surface area contributed by atoms with Crippen LogP contribution in [-0.4, -0.2) is 25.3 Å². The van der Waals surface area contributed by atoms with Gasteiger partial charge < -0.3 is 10.1 Å². The van der Waals surface area contributed by atoms with E-state index in [9.17, 15) is 0 Å². The first kappa shape index (κ1) is 12.4. The molecule has 2 rings (SSSR count). The van der Waals surface area contributed by atoms with Crippen LogP contribution >= 0.6 is 0 Å². The van der Waals surface area contributed by atoms with Crippen molar-refractivity contribution in [2.75, 3.05) is 13.1 Å². The first-order valence-electron chi connectivity index (χ1n) is 7.03. The van der Waals surface area contributed by atoms with Gasteiger partial charge in [0.05, 0.1) is 12.2 Å². The van der Waals surface area contributed by atoms with Crippen molar-refractivity contribution < 1.29 is 4.74 Å². The van der Waals surface area contributed by atoms with E-state index < -0.39 is 0 Å². The summed E-state index contributed by atoms with van der Waals surface area (Å²) in [7, 11) is 0. The zero-order valence-electron chi connectivity index (χ0n) is 11.0. The van der Waals surface area contributed by atoms with E-state index >= 15 is 0 Å². The lowest BCUT2D eigenvalue weighted by molar-refractivity contribution is -0.0728. The minimum atomic E-state index is 0.483. The Hall–Kier alpha value is -0.0800. The molecule has 4 atom stereocenters. The first-order valence-corrected chi connectivity index (χ1v) is 7.03. The van der Waals surface area contributed by atoms with Gasteiger partial charge in [0.1, 0.15) is 0 Å². The van der Waals surface area contributed by atoms with Crippen LogP contribution in [0, 0.1) is 17.8 Å². The maximum Gasteiger partial charge on any atom is 0.0715 e. The summed E-state index contributed by atoms with van der Waals surface area (Å²) in [6, 6.07) is 0. The predicted octanol–water partition coefficient (Wildman–Crippen LogP) is 2.83. The second-order valence-corrected chi connectivity index (χ2v) is 6.12. The highest BCUT2D eigenvalue weighted by atomic mass is 16.5. The fourth-order valence-electron chi connectivity index (χ4n) is 3.26. The molecule has 1 aliphatic heterocycles. The van der Waals surface area contributed by atoms with Crippen LogP contribution in [0.5, 0.6) is 0 Å². The van der Waals surface area contributed by atoms with Gasteiger partial charge in [-0.3, -0.25) is 0 Å². The molecule has 0 aromatic heterocycles. The minimum absolute atomic E-state index is 0.483. The van der Waals surface area contributed by atoms with Crippen LogP contribution in [0.15, 0.2) is 0 Å². The number of hydrogen-bond donors (Lipinski definition) is 1. The van der Waals surface area contributed by atoms with Crippen molar-refractivity contribution in [3.8, 4) is 0 Å². The van der Waals surface area contributed by atoms with Crippen LogP contribution in [0.2, 0.25) is 0 Å². The summed E-state index contributed by atoms with van der Waals surface area (Å²) in [6.07, 6.45) is 6.25. The highest BCUT2D eigenvalue weighted by Gasteiger charge is 2.33. The molecule has 1 heterocycles. The topological polar surface area (TPSA) is 21.3 Å². The monoisotopic (exact) mass is 225 g/mol. The van der Waals surface area contributed by atoms with Gasteiger partial charge in [-0.1, -0.05) is 27.2 Å². The summed E-state index contributed by atoms with van der Waals surface area (Å²) in [6.45, 7) is 9.28. The van der Waals surface area contributed by atoms with Crippen molar-refractivity contribution in [3.63, 3.8) is 0 Å². The molecule has 1 N–H and O–H groups in total. The first-order chi connectivity index (χ1) is 7.66. The minimum Gasteiger partial charge on any atom is -0.373 e. The summed E-state index contributed by atoms with van der Waals surface area (Å²) >= 11 is 0. The van der Waals surface area contributed by atoms with Gasteiger partial charge in [-0.2, -0.15) is 0 Å². The molecule has 2 aliphatic rings. The second-order valence-electron chi connectivity index (χ2n) is 6.12. The largest absolute Gasteiger partial charge is 0.373 e. The van der Waals surface area contributed by atoms with Gasteiger partial charge >= 0.3 is 0 Å². The Morgan fingerprint density at radius 1 is 1.19 bits per heavy atom. The normalized spacial score (nSPS) is 40.5. The van der Waals surface area contributed by atoms with Crippen LogP contribution in [-0.2, 0) is 4.74 Å². The molecule has 2 nitrogen and oxygen atoms in total. The summed E-state index contributed by atoms with van der Waals surface area (Å²) in [4.78, 5) is 0. The molecule has 16 heavy (non-hydrogen) atoms. The van der Waals surface area contributed by atoms with E-state index in [1.54, 1.807) is 0 Å². The molecule has 0 aromatic carbocycles. The molecule has 0 spiro atoms. The average molecular weight is 225 g/mol. The zero-order chi connectivity index (χ0) is 11.5. The van der Waals surface area contributed by atoms with Crippen LogP contribution in [0.4, 0.5) is 0 Å². The zero-order valence-corrected chi connectivity index (χ0v) is 11.0. The van der Waals surface area contributed by atoms with Crippen molar-refractivity contribution in [2.45, 2.75) is 58.7 Å². The Labute approximate surface area is 100 Å². The third-order valence-corrected chi connectivity index (χ3v) is 4.34. The second kappa shape index (κ2) is 5.50. The van der Waals surface area contributed by atoms with E-state index in [1.807, 2.05) is 0 Å². The third kappa shape index (κ3) is 2.98. The summed E-state index contributed by atoms with van der Waals surface area (Å²) < 4.78 is 6.33. The van der Waals surface area contributed by atoms with Crippen molar-refractivity contribution in [1.29, 1.82) is 0 Å². The number of hydrogen-bond acceptors (Lipinski definition) is 2. The summed E-state index contributed by atoms with van der Waals surface area (Å²) in [5.41, 5.74) is 0. The van der Waals surface area contributed by atoms with Crippen molar-refractivity contribution in [1.82, 2.24) is 5.32 Å². The molecule has 3 unspecified atom stereocenters. The third-order valence-electron chi connectivity index (χ3n) is 4.34. The van der Waals surface area contributed by atoms with E-state index in [1.165, 1.54) is 25.7 Å². The maximum absolute atomic E-state index is 6.33. The van der Waals surface area contributed by atoms with Gasteiger partial charge in [0.2, 0.25) is 0 Å². The van der Waals surface area contributed by atoms with Crippen molar-refractivity contribution >= 4 is 0 Å². The van der Waals surface area contributed by atoms with Gasteiger partial charge in [-0.25, -0.2) is 0 Å². The van der Waals surface area contributed by atoms with Crippen molar-refractivity contribution in [2.24, 2.45) is 17.8 Å². The SMILES string of the molecule is CC1CCC(C(C)C)C(O[C@@H]2CCNC2)C1. The van der Waals surface area contributed by atoms with E-state index in [2.05, 4.69) is 26.1 Å². The Morgan fingerprint density at radius 2 is 2.00 bits per heavy atom. The fraction of sp³-hybridized carbons (Fsp3) is 1.00. The molecule has 0 aromatic rings. The molecule has 0 amide bonds. The van der Waals surface area contributed by atoms with Gasteiger partial charge in [0.25, 0.3) is 0 Å². The van der Waals surface area contributed by atoms with Crippen molar-refractivity contribution in [3.05, 3.63) is 0 Å². The van der Waals surface area contributed by atoms with Crippen LogP contribution in [0.3, 0.4) is 0 Å². The average Bonchev–Trinajstić information content (AvgIpc) is 2.70. The quantitative estimate of drug-likeness (QED) is 0.797. The van der Waals surface area contributed by atoms with Crippen LogP contribution in [0.25, 0.3) is 0 Å². The van der Waals surface area contributed by atoms with E-state index in [-0.39, 0.29) is 0 Å². The molecule has 94 valence electrons. The Kier molecular flexibility index (Phi) is 4.26. The standard InChI is InChI=1S/C14H27NO/c1-10(2)13-5-4-11(3)8-14(13)16-12-6-7-15-9-12/h10-15H,4-9H2,1-3H3/t11?,12-,13?,14?/m1/s1. The van der Waals surface area contributed by atoms with Gasteiger partial charge in [0, 0.05) is 6.54 Å². The number of nitrogens with one attached hydrogen (secondary N) is 1. The molecule has 1 saturated heterocycles. The molecular weight excluding hydrogens is 198 g/mol. The Balaban J connectivity index is 1.91. The molecule has 0 radical (unpaired) electrons. The van der Waals surface area contributed by atoms with E-state index in [0.717, 1.165) is 30.8 Å². The molecule has 0 bridgehead atoms. The molecular formula is C14H27NO. The summed E-state index contributed by atoms with van der Waals surface area (Å²) in [5, 5.41) is 3.39. The number of rotatable bonds is 3. The number of ether oxygens (including phenoxy) is 1. The smallest absolute Gasteiger partial charge is 0.0715 e. The van der Waals surface area contributed by atoms with E-state index in [4.69, 9.17) is 4.74 Å². The van der Waals surface area contributed by atoms with Crippen LogP contribution < -0.4 is 5.32 Å². The Bertz CT molecular complexity index is 211. The van der Waals surface area contributed by atoms with Crippen LogP contribution in [0.1, 0.15) is 46.5 Å². The van der Waals surface area contributed by atoms with E-state index in [0.29, 0.717) is 12.2 Å². The lowest BCUT2D eigenvalue weighted by Gasteiger charge is -2.38. The van der Waals surface area contributed by atoms with Gasteiger partial charge in [-0.05, 0) is 43.6 Å². The molecule has 2 fully saturated rings. The molecule has 1 saturated carbocycles. The highest BCUT2D eigenvalue weighted by Crippen LogP contribution is 2.36. The summed E-state index contributed by atoms with van der Waals surface area (Å²) in [5.74, 6) is 2.41. The molecule has 1 aliphatic carbocycles. The lowest BCUT2D eigenvalue weighted by atomic mass is 9.75. The highest BCUT2D eigenvalue weighted by molar-refractivity contribution is 4.83. The van der Waals surface area contributed by atoms with Gasteiger partial charge in [-0.15, -0.1) is 0 Å². The molecule has 2 heteroatoms. The predicted molar refractivity (Wildman–Crippen MR) is 67.5 cm³/mol. The fourth-order valence-corrected chi connectivity index (χ4v) is 3.26. The Morgan fingerprint density at radius 3 is 2.62 bits per heavy atom. The lowest BCUT2D eigenvalue weighted by Crippen LogP contribution is -2.37.